The Kier molecular flexibility index (Phi) is 5.58. The molecule has 15 heavy (non-hydrogen) atoms. The Morgan fingerprint density at radius 1 is 1.33 bits per heavy atom. The highest BCUT2D eigenvalue weighted by Crippen LogP contribution is 2.12. The molecule has 3 heteroatoms. The number of nitrogens with two attached hydrogens (primary N) is 1. The van der Waals surface area contributed by atoms with Gasteiger partial charge in [0.2, 0.25) is 0 Å². The molecule has 90 valence electrons. The third-order valence-electron chi connectivity index (χ3n) is 3.07. The van der Waals surface area contributed by atoms with Crippen molar-refractivity contribution in [2.75, 3.05) is 26.2 Å². The highest BCUT2D eigenvalue weighted by molar-refractivity contribution is 4.73. The van der Waals surface area contributed by atoms with Crippen LogP contribution in [0.5, 0.6) is 0 Å². The zero-order valence-electron chi connectivity index (χ0n) is 10.4. The smallest absolute Gasteiger partial charge is 0.0678 e. The molecule has 1 fully saturated rings. The van der Waals surface area contributed by atoms with E-state index in [1.165, 1.54) is 19.4 Å². The van der Waals surface area contributed by atoms with Crippen LogP contribution in [0.2, 0.25) is 0 Å². The highest BCUT2D eigenvalue weighted by atomic mass is 16.5. The van der Waals surface area contributed by atoms with Gasteiger partial charge >= 0.3 is 0 Å². The van der Waals surface area contributed by atoms with Crippen LogP contribution in [-0.2, 0) is 4.74 Å². The lowest BCUT2D eigenvalue weighted by atomic mass is 10.1. The summed E-state index contributed by atoms with van der Waals surface area (Å²) in [6, 6.07) is 0. The Labute approximate surface area is 94.0 Å². The van der Waals surface area contributed by atoms with Crippen molar-refractivity contribution in [1.29, 1.82) is 0 Å². The molecule has 0 radical (unpaired) electrons. The molecule has 1 aliphatic heterocycles. The Hall–Kier alpha value is -0.120. The van der Waals surface area contributed by atoms with Crippen molar-refractivity contribution in [2.45, 2.75) is 45.8 Å². The van der Waals surface area contributed by atoms with E-state index in [-0.39, 0.29) is 0 Å². The minimum Gasteiger partial charge on any atom is -0.373 e. The van der Waals surface area contributed by atoms with Crippen LogP contribution in [0, 0.1) is 5.92 Å². The summed E-state index contributed by atoms with van der Waals surface area (Å²) >= 11 is 0. The maximum atomic E-state index is 5.70. The molecule has 3 unspecified atom stereocenters. The Bertz CT molecular complexity index is 165. The lowest BCUT2D eigenvalue weighted by Crippen LogP contribution is -2.45. The van der Waals surface area contributed by atoms with E-state index in [2.05, 4.69) is 25.7 Å². The van der Waals surface area contributed by atoms with E-state index < -0.39 is 0 Å². The molecular weight excluding hydrogens is 188 g/mol. The van der Waals surface area contributed by atoms with Gasteiger partial charge in [0, 0.05) is 13.1 Å². The first-order valence-corrected chi connectivity index (χ1v) is 6.19. The molecular formula is C12H26N2O. The van der Waals surface area contributed by atoms with Gasteiger partial charge in [-0.2, -0.15) is 0 Å². The quantitative estimate of drug-likeness (QED) is 0.753. The Balaban J connectivity index is 2.15. The molecule has 0 amide bonds. The first-order valence-electron chi connectivity index (χ1n) is 6.19. The van der Waals surface area contributed by atoms with Crippen LogP contribution in [0.15, 0.2) is 0 Å². The molecule has 1 aliphatic rings. The van der Waals surface area contributed by atoms with Crippen molar-refractivity contribution in [3.05, 3.63) is 0 Å². The van der Waals surface area contributed by atoms with Crippen LogP contribution < -0.4 is 5.73 Å². The van der Waals surface area contributed by atoms with Gasteiger partial charge < -0.3 is 10.5 Å². The van der Waals surface area contributed by atoms with E-state index in [1.54, 1.807) is 0 Å². The van der Waals surface area contributed by atoms with Gasteiger partial charge in [-0.05, 0) is 45.7 Å². The van der Waals surface area contributed by atoms with Crippen LogP contribution in [0.3, 0.4) is 0 Å². The van der Waals surface area contributed by atoms with E-state index in [0.717, 1.165) is 19.6 Å². The molecule has 0 aromatic carbocycles. The number of hydrogen-bond donors (Lipinski definition) is 1. The van der Waals surface area contributed by atoms with Crippen molar-refractivity contribution in [3.63, 3.8) is 0 Å². The summed E-state index contributed by atoms with van der Waals surface area (Å²) in [5.74, 6) is 0.667. The second-order valence-corrected chi connectivity index (χ2v) is 5.00. The summed E-state index contributed by atoms with van der Waals surface area (Å²) in [5, 5.41) is 0. The van der Waals surface area contributed by atoms with Crippen LogP contribution in [0.4, 0.5) is 0 Å². The standard InChI is InChI=1S/C12H26N2O/c1-10(7-13)5-4-6-14-8-11(2)15-12(3)9-14/h10-12H,4-9,13H2,1-3H3. The second kappa shape index (κ2) is 6.46. The molecule has 1 rings (SSSR count). The average molecular weight is 214 g/mol. The average Bonchev–Trinajstić information content (AvgIpc) is 2.16. The van der Waals surface area contributed by atoms with Gasteiger partial charge in [0.05, 0.1) is 12.2 Å². The lowest BCUT2D eigenvalue weighted by molar-refractivity contribution is -0.0683. The fourth-order valence-corrected chi connectivity index (χ4v) is 2.25. The molecule has 0 aliphatic carbocycles. The third kappa shape index (κ3) is 4.96. The SMILES string of the molecule is CC(CN)CCCN1CC(C)OC(C)C1. The maximum Gasteiger partial charge on any atom is 0.0678 e. The van der Waals surface area contributed by atoms with Crippen molar-refractivity contribution < 1.29 is 4.74 Å². The summed E-state index contributed by atoms with van der Waals surface area (Å²) in [5.41, 5.74) is 5.60. The molecule has 0 aromatic heterocycles. The number of ether oxygens (including phenoxy) is 1. The lowest BCUT2D eigenvalue weighted by Gasteiger charge is -2.35. The normalized spacial score (nSPS) is 30.4. The molecule has 1 heterocycles. The van der Waals surface area contributed by atoms with Gasteiger partial charge in [0.25, 0.3) is 0 Å². The summed E-state index contributed by atoms with van der Waals surface area (Å²) in [4.78, 5) is 2.52. The number of morpholine rings is 1. The monoisotopic (exact) mass is 214 g/mol. The van der Waals surface area contributed by atoms with Gasteiger partial charge in [0.1, 0.15) is 0 Å². The van der Waals surface area contributed by atoms with E-state index in [1.807, 2.05) is 0 Å². The third-order valence-corrected chi connectivity index (χ3v) is 3.07. The topological polar surface area (TPSA) is 38.5 Å². The van der Waals surface area contributed by atoms with Crippen LogP contribution >= 0.6 is 0 Å². The second-order valence-electron chi connectivity index (χ2n) is 5.00. The van der Waals surface area contributed by atoms with Gasteiger partial charge in [-0.25, -0.2) is 0 Å². The van der Waals surface area contributed by atoms with Crippen molar-refractivity contribution in [2.24, 2.45) is 11.7 Å². The molecule has 0 bridgehead atoms. The summed E-state index contributed by atoms with van der Waals surface area (Å²) < 4.78 is 5.70. The fraction of sp³-hybridized carbons (Fsp3) is 1.00. The first kappa shape index (κ1) is 12.9. The van der Waals surface area contributed by atoms with Gasteiger partial charge in [0.15, 0.2) is 0 Å². The van der Waals surface area contributed by atoms with Gasteiger partial charge in [-0.3, -0.25) is 4.90 Å². The van der Waals surface area contributed by atoms with Crippen LogP contribution in [0.1, 0.15) is 33.6 Å². The molecule has 3 nitrogen and oxygen atoms in total. The number of hydrogen-bond acceptors (Lipinski definition) is 3. The predicted octanol–water partition coefficient (Wildman–Crippen LogP) is 1.47. The molecule has 0 spiro atoms. The molecule has 0 aromatic rings. The number of nitrogens with zero attached hydrogens (tertiary/aromatic N) is 1. The van der Waals surface area contributed by atoms with E-state index in [9.17, 15) is 0 Å². The fourth-order valence-electron chi connectivity index (χ4n) is 2.25. The molecule has 1 saturated heterocycles. The molecule has 2 N–H and O–H groups in total. The minimum absolute atomic E-state index is 0.390. The Morgan fingerprint density at radius 3 is 2.47 bits per heavy atom. The van der Waals surface area contributed by atoms with Crippen molar-refractivity contribution in [3.8, 4) is 0 Å². The van der Waals surface area contributed by atoms with Gasteiger partial charge in [-0.15, -0.1) is 0 Å². The summed E-state index contributed by atoms with van der Waals surface area (Å²) in [6.07, 6.45) is 3.29. The maximum absolute atomic E-state index is 5.70. The minimum atomic E-state index is 0.390. The Morgan fingerprint density at radius 2 is 1.93 bits per heavy atom. The molecule has 3 atom stereocenters. The largest absolute Gasteiger partial charge is 0.373 e. The van der Waals surface area contributed by atoms with Crippen molar-refractivity contribution >= 4 is 0 Å². The van der Waals surface area contributed by atoms with Gasteiger partial charge in [-0.1, -0.05) is 6.92 Å². The predicted molar refractivity (Wildman–Crippen MR) is 63.9 cm³/mol. The van der Waals surface area contributed by atoms with E-state index >= 15 is 0 Å². The molecule has 0 saturated carbocycles. The zero-order chi connectivity index (χ0) is 11.3. The highest BCUT2D eigenvalue weighted by Gasteiger charge is 2.21. The first-order chi connectivity index (χ1) is 7.11. The van der Waals surface area contributed by atoms with E-state index in [0.29, 0.717) is 18.1 Å². The summed E-state index contributed by atoms with van der Waals surface area (Å²) in [6.45, 7) is 10.7. The number of rotatable bonds is 5. The van der Waals surface area contributed by atoms with E-state index in [4.69, 9.17) is 10.5 Å². The van der Waals surface area contributed by atoms with Crippen molar-refractivity contribution in [1.82, 2.24) is 4.90 Å². The zero-order valence-corrected chi connectivity index (χ0v) is 10.4. The van der Waals surface area contributed by atoms with Crippen LogP contribution in [0.25, 0.3) is 0 Å². The summed E-state index contributed by atoms with van der Waals surface area (Å²) in [7, 11) is 0. The van der Waals surface area contributed by atoms with Crippen LogP contribution in [-0.4, -0.2) is 43.3 Å².